The van der Waals surface area contributed by atoms with Crippen LogP contribution >= 0.6 is 0 Å². The van der Waals surface area contributed by atoms with E-state index in [0.717, 1.165) is 0 Å². The van der Waals surface area contributed by atoms with Crippen molar-refractivity contribution in [3.05, 3.63) is 24.3 Å². The molecular weight excluding hydrogens is 312 g/mol. The number of methoxy groups -OCH3 is 2. The van der Waals surface area contributed by atoms with E-state index < -0.39 is 21.7 Å². The van der Waals surface area contributed by atoms with Crippen LogP contribution in [0.2, 0.25) is 0 Å². The van der Waals surface area contributed by atoms with Gasteiger partial charge in [-0.1, -0.05) is 0 Å². The number of benzene rings is 1. The molecule has 3 N–H and O–H groups in total. The maximum atomic E-state index is 12.1. The molecule has 0 aromatic heterocycles. The Bertz CT molecular complexity index is 597. The molecule has 9 heteroatoms. The second-order valence-corrected chi connectivity index (χ2v) is 6.66. The molecule has 0 saturated carbocycles. The van der Waals surface area contributed by atoms with Crippen LogP contribution in [0, 0.1) is 0 Å². The van der Waals surface area contributed by atoms with E-state index in [4.69, 9.17) is 4.74 Å². The fraction of sp³-hybridized carbons (Fsp3) is 0.462. The molecule has 1 aromatic carbocycles. The molecule has 0 aliphatic heterocycles. The molecule has 0 saturated heterocycles. The number of nitrogens with one attached hydrogen (secondary N) is 2. The van der Waals surface area contributed by atoms with Crippen LogP contribution in [-0.4, -0.2) is 52.6 Å². The van der Waals surface area contributed by atoms with Crippen LogP contribution in [0.25, 0.3) is 0 Å². The highest BCUT2D eigenvalue weighted by molar-refractivity contribution is 7.89. The summed E-state index contributed by atoms with van der Waals surface area (Å²) in [5.74, 6) is 0. The lowest BCUT2D eigenvalue weighted by Gasteiger charge is -2.22. The minimum absolute atomic E-state index is 0.00247. The van der Waals surface area contributed by atoms with Gasteiger partial charge in [0.1, 0.15) is 0 Å². The van der Waals surface area contributed by atoms with Crippen LogP contribution in [0.3, 0.4) is 0 Å². The molecule has 0 aliphatic rings. The highest BCUT2D eigenvalue weighted by Crippen LogP contribution is 2.15. The second-order valence-electron chi connectivity index (χ2n) is 4.90. The highest BCUT2D eigenvalue weighted by Gasteiger charge is 2.24. The van der Waals surface area contributed by atoms with Crippen molar-refractivity contribution in [1.82, 2.24) is 4.72 Å². The first kappa shape index (κ1) is 18.4. The van der Waals surface area contributed by atoms with Gasteiger partial charge in [-0.3, -0.25) is 5.32 Å². The maximum absolute atomic E-state index is 12.1. The van der Waals surface area contributed by atoms with Crippen LogP contribution in [0.4, 0.5) is 10.5 Å². The van der Waals surface area contributed by atoms with Gasteiger partial charge in [-0.2, -0.15) is 0 Å². The molecule has 1 atom stereocenters. The number of hydrogen-bond acceptors (Lipinski definition) is 6. The van der Waals surface area contributed by atoms with Crippen molar-refractivity contribution in [2.45, 2.75) is 17.4 Å². The Morgan fingerprint density at radius 1 is 1.27 bits per heavy atom. The van der Waals surface area contributed by atoms with Crippen LogP contribution in [0.15, 0.2) is 29.2 Å². The Morgan fingerprint density at radius 2 is 1.86 bits per heavy atom. The largest absolute Gasteiger partial charge is 0.453 e. The minimum atomic E-state index is -3.77. The van der Waals surface area contributed by atoms with Crippen molar-refractivity contribution in [1.29, 1.82) is 0 Å². The first-order chi connectivity index (χ1) is 10.2. The van der Waals surface area contributed by atoms with Crippen molar-refractivity contribution in [2.24, 2.45) is 0 Å². The van der Waals surface area contributed by atoms with Crippen molar-refractivity contribution in [2.75, 3.05) is 32.7 Å². The molecule has 0 radical (unpaired) electrons. The molecule has 0 fully saturated rings. The zero-order chi connectivity index (χ0) is 16.8. The minimum Gasteiger partial charge on any atom is -0.453 e. The number of rotatable bonds is 7. The third kappa shape index (κ3) is 5.60. The number of hydrogen-bond donors (Lipinski definition) is 3. The fourth-order valence-corrected chi connectivity index (χ4v) is 2.74. The SMILES string of the molecule is COCC(C)(O)CNS(=O)(=O)c1ccc(NC(=O)OC)cc1. The van der Waals surface area contributed by atoms with Gasteiger partial charge >= 0.3 is 6.09 Å². The predicted molar refractivity (Wildman–Crippen MR) is 80.2 cm³/mol. The van der Waals surface area contributed by atoms with Gasteiger partial charge in [0.05, 0.1) is 24.2 Å². The van der Waals surface area contributed by atoms with Gasteiger partial charge in [-0.15, -0.1) is 0 Å². The van der Waals surface area contributed by atoms with E-state index in [1.807, 2.05) is 0 Å². The number of aliphatic hydroxyl groups is 1. The number of sulfonamides is 1. The highest BCUT2D eigenvalue weighted by atomic mass is 32.2. The fourth-order valence-electron chi connectivity index (χ4n) is 1.58. The van der Waals surface area contributed by atoms with Crippen molar-refractivity contribution in [3.63, 3.8) is 0 Å². The van der Waals surface area contributed by atoms with E-state index in [1.54, 1.807) is 0 Å². The molecule has 0 bridgehead atoms. The molecule has 1 amide bonds. The molecule has 1 rings (SSSR count). The smallest absolute Gasteiger partial charge is 0.411 e. The van der Waals surface area contributed by atoms with E-state index >= 15 is 0 Å². The summed E-state index contributed by atoms with van der Waals surface area (Å²) in [5.41, 5.74) is -0.911. The van der Waals surface area contributed by atoms with Crippen LogP contribution < -0.4 is 10.0 Å². The average molecular weight is 332 g/mol. The standard InChI is InChI=1S/C13H20N2O6S/c1-13(17,9-20-2)8-14-22(18,19)11-6-4-10(5-7-11)15-12(16)21-3/h4-7,14,17H,8-9H2,1-3H3,(H,15,16). The van der Waals surface area contributed by atoms with Crippen molar-refractivity contribution >= 4 is 21.8 Å². The van der Waals surface area contributed by atoms with Gasteiger partial charge in [0.2, 0.25) is 10.0 Å². The molecule has 8 nitrogen and oxygen atoms in total. The lowest BCUT2D eigenvalue weighted by Crippen LogP contribution is -2.43. The molecular formula is C13H20N2O6S. The Morgan fingerprint density at radius 3 is 2.36 bits per heavy atom. The first-order valence-corrected chi connectivity index (χ1v) is 7.84. The Kier molecular flexibility index (Phi) is 6.30. The van der Waals surface area contributed by atoms with E-state index in [0.29, 0.717) is 5.69 Å². The van der Waals surface area contributed by atoms with Gasteiger partial charge < -0.3 is 14.6 Å². The zero-order valence-electron chi connectivity index (χ0n) is 12.6. The van der Waals surface area contributed by atoms with Crippen LogP contribution in [-0.2, 0) is 19.5 Å². The number of ether oxygens (including phenoxy) is 2. The monoisotopic (exact) mass is 332 g/mol. The lowest BCUT2D eigenvalue weighted by molar-refractivity contribution is -0.0119. The summed E-state index contributed by atoms with van der Waals surface area (Å²) in [6, 6.07) is 5.52. The summed E-state index contributed by atoms with van der Waals surface area (Å²) in [6.07, 6.45) is -0.649. The van der Waals surface area contributed by atoms with E-state index in [1.165, 1.54) is 45.4 Å². The van der Waals surface area contributed by atoms with Gasteiger partial charge in [-0.05, 0) is 31.2 Å². The number of carbonyl (C=O) groups is 1. The predicted octanol–water partition coefficient (Wildman–Crippen LogP) is 0.541. The molecule has 22 heavy (non-hydrogen) atoms. The van der Waals surface area contributed by atoms with Gasteiger partial charge in [0, 0.05) is 19.3 Å². The first-order valence-electron chi connectivity index (χ1n) is 6.36. The normalized spacial score (nSPS) is 14.2. The molecule has 0 aliphatic carbocycles. The summed E-state index contributed by atoms with van der Waals surface area (Å²) in [6.45, 7) is 1.27. The van der Waals surface area contributed by atoms with Crippen LogP contribution in [0.1, 0.15) is 6.92 Å². The summed E-state index contributed by atoms with van der Waals surface area (Å²) in [7, 11) is -1.13. The van der Waals surface area contributed by atoms with Gasteiger partial charge in [-0.25, -0.2) is 17.9 Å². The van der Waals surface area contributed by atoms with E-state index in [2.05, 4.69) is 14.8 Å². The second kappa shape index (κ2) is 7.54. The number of anilines is 1. The Labute approximate surface area is 129 Å². The van der Waals surface area contributed by atoms with Crippen molar-refractivity contribution < 1.29 is 27.8 Å². The molecule has 124 valence electrons. The van der Waals surface area contributed by atoms with E-state index in [-0.39, 0.29) is 18.0 Å². The summed E-state index contributed by atoms with van der Waals surface area (Å²) < 4.78 is 35.7. The molecule has 0 spiro atoms. The molecule has 1 unspecified atom stereocenters. The summed E-state index contributed by atoms with van der Waals surface area (Å²) >= 11 is 0. The lowest BCUT2D eigenvalue weighted by atomic mass is 10.1. The quantitative estimate of drug-likeness (QED) is 0.671. The molecule has 1 aromatic rings. The van der Waals surface area contributed by atoms with Gasteiger partial charge in [0.15, 0.2) is 0 Å². The maximum Gasteiger partial charge on any atom is 0.411 e. The number of amides is 1. The van der Waals surface area contributed by atoms with E-state index in [9.17, 15) is 18.3 Å². The third-order valence-corrected chi connectivity index (χ3v) is 4.11. The summed E-state index contributed by atoms with van der Waals surface area (Å²) in [4.78, 5) is 11.0. The van der Waals surface area contributed by atoms with Gasteiger partial charge in [0.25, 0.3) is 0 Å². The van der Waals surface area contributed by atoms with Crippen LogP contribution in [0.5, 0.6) is 0 Å². The third-order valence-electron chi connectivity index (χ3n) is 2.69. The zero-order valence-corrected chi connectivity index (χ0v) is 13.4. The number of carbonyl (C=O) groups excluding carboxylic acids is 1. The summed E-state index contributed by atoms with van der Waals surface area (Å²) in [5, 5.41) is 12.3. The Balaban J connectivity index is 2.75. The topological polar surface area (TPSA) is 114 Å². The average Bonchev–Trinajstić information content (AvgIpc) is 2.46. The Hall–Kier alpha value is -1.68. The molecule has 0 heterocycles. The van der Waals surface area contributed by atoms with Crippen molar-refractivity contribution in [3.8, 4) is 0 Å².